The summed E-state index contributed by atoms with van der Waals surface area (Å²) in [5.74, 6) is -0.434. The van der Waals surface area contributed by atoms with Crippen LogP contribution in [0.5, 0.6) is 0 Å². The number of rotatable bonds is 5. The Kier molecular flexibility index (Phi) is 5.67. The average molecular weight is 415 g/mol. The van der Waals surface area contributed by atoms with Crippen molar-refractivity contribution in [3.05, 3.63) is 63.6 Å². The van der Waals surface area contributed by atoms with E-state index in [0.717, 1.165) is 16.0 Å². The van der Waals surface area contributed by atoms with Crippen molar-refractivity contribution < 1.29 is 9.59 Å². The van der Waals surface area contributed by atoms with E-state index in [1.807, 2.05) is 37.3 Å². The minimum Gasteiger partial charge on any atom is -0.365 e. The fraction of sp³-hybridized carbons (Fsp3) is 0.150. The number of aryl methyl sites for hydroxylation is 1. The van der Waals surface area contributed by atoms with Crippen molar-refractivity contribution >= 4 is 45.6 Å². The number of primary amides is 1. The number of halogens is 1. The quantitative estimate of drug-likeness (QED) is 0.612. The van der Waals surface area contributed by atoms with Crippen LogP contribution < -0.4 is 16.0 Å². The molecule has 0 aliphatic carbocycles. The molecule has 2 heterocycles. The Morgan fingerprint density at radius 3 is 2.46 bits per heavy atom. The molecule has 3 N–H and O–H groups in total. The average Bonchev–Trinajstić information content (AvgIpc) is 2.97. The molecule has 0 bridgehead atoms. The third-order valence-corrected chi connectivity index (χ3v) is 5.34. The van der Waals surface area contributed by atoms with E-state index >= 15 is 0 Å². The number of aromatic nitrogens is 1. The van der Waals surface area contributed by atoms with E-state index in [1.165, 1.54) is 17.4 Å². The Morgan fingerprint density at radius 2 is 1.86 bits per heavy atom. The number of amides is 2. The lowest BCUT2D eigenvalue weighted by Crippen LogP contribution is -2.18. The van der Waals surface area contributed by atoms with Crippen LogP contribution in [0.1, 0.15) is 25.6 Å². The molecule has 0 saturated carbocycles. The van der Waals surface area contributed by atoms with Gasteiger partial charge >= 0.3 is 0 Å². The van der Waals surface area contributed by atoms with E-state index in [2.05, 4.69) is 10.3 Å². The number of nitrogens with two attached hydrogens (primary N) is 1. The molecule has 6 nitrogen and oxygen atoms in total. The van der Waals surface area contributed by atoms with Gasteiger partial charge in [0.1, 0.15) is 16.0 Å². The van der Waals surface area contributed by atoms with Gasteiger partial charge in [-0.05, 0) is 24.6 Å². The zero-order valence-corrected chi connectivity index (χ0v) is 17.2. The minimum atomic E-state index is -0.597. The Labute approximate surface area is 172 Å². The van der Waals surface area contributed by atoms with Gasteiger partial charge in [-0.1, -0.05) is 41.9 Å². The number of anilines is 2. The third kappa shape index (κ3) is 4.00. The number of carbonyl (C=O) groups is 2. The lowest BCUT2D eigenvalue weighted by Gasteiger charge is -2.13. The van der Waals surface area contributed by atoms with Crippen LogP contribution in [0.25, 0.3) is 11.1 Å². The van der Waals surface area contributed by atoms with Crippen LogP contribution >= 0.6 is 22.9 Å². The smallest absolute Gasteiger partial charge is 0.256 e. The molecule has 0 aliphatic rings. The first-order valence-corrected chi connectivity index (χ1v) is 9.62. The van der Waals surface area contributed by atoms with Gasteiger partial charge in [-0.25, -0.2) is 4.98 Å². The molecule has 8 heteroatoms. The summed E-state index contributed by atoms with van der Waals surface area (Å²) in [5, 5.41) is 3.42. The Hall–Kier alpha value is -2.90. The largest absolute Gasteiger partial charge is 0.365 e. The molecule has 0 fully saturated rings. The van der Waals surface area contributed by atoms with Gasteiger partial charge in [0.2, 0.25) is 0 Å². The predicted octanol–water partition coefficient (Wildman–Crippen LogP) is 4.19. The molecule has 2 amide bonds. The van der Waals surface area contributed by atoms with Gasteiger partial charge in [-0.2, -0.15) is 0 Å². The molecule has 3 rings (SSSR count). The lowest BCUT2D eigenvalue weighted by atomic mass is 10.0. The van der Waals surface area contributed by atoms with Gasteiger partial charge in [0.05, 0.1) is 5.56 Å². The zero-order valence-electron chi connectivity index (χ0n) is 15.6. The van der Waals surface area contributed by atoms with E-state index in [4.69, 9.17) is 17.3 Å². The number of nitrogens with one attached hydrogen (secondary N) is 1. The highest BCUT2D eigenvalue weighted by molar-refractivity contribution is 7.17. The van der Waals surface area contributed by atoms with E-state index < -0.39 is 11.8 Å². The third-order valence-electron chi connectivity index (χ3n) is 4.12. The number of hydrogen-bond donors (Lipinski definition) is 2. The molecule has 0 saturated heterocycles. The molecular formula is C20H19ClN4O2S. The summed E-state index contributed by atoms with van der Waals surface area (Å²) in [4.78, 5) is 31.8. The molecular weight excluding hydrogens is 396 g/mol. The Morgan fingerprint density at radius 1 is 1.18 bits per heavy atom. The minimum absolute atomic E-state index is 0.207. The van der Waals surface area contributed by atoms with Crippen LogP contribution in [0.3, 0.4) is 0 Å². The van der Waals surface area contributed by atoms with E-state index in [-0.39, 0.29) is 5.15 Å². The molecule has 0 aliphatic heterocycles. The van der Waals surface area contributed by atoms with Crippen LogP contribution in [0.2, 0.25) is 5.15 Å². The molecule has 0 spiro atoms. The van der Waals surface area contributed by atoms with Gasteiger partial charge < -0.3 is 16.0 Å². The van der Waals surface area contributed by atoms with Gasteiger partial charge in [0.15, 0.2) is 0 Å². The van der Waals surface area contributed by atoms with E-state index in [0.29, 0.717) is 21.9 Å². The van der Waals surface area contributed by atoms with Crippen molar-refractivity contribution in [2.75, 3.05) is 24.3 Å². The molecule has 0 atom stereocenters. The molecule has 3 aromatic rings. The first kappa shape index (κ1) is 19.9. The second-order valence-electron chi connectivity index (χ2n) is 6.35. The number of hydrogen-bond acceptors (Lipinski definition) is 5. The van der Waals surface area contributed by atoms with Crippen molar-refractivity contribution in [2.45, 2.75) is 6.92 Å². The maximum atomic E-state index is 12.8. The van der Waals surface area contributed by atoms with Crippen molar-refractivity contribution in [3.8, 4) is 11.1 Å². The van der Waals surface area contributed by atoms with Crippen LogP contribution in [-0.2, 0) is 0 Å². The highest BCUT2D eigenvalue weighted by atomic mass is 35.5. The van der Waals surface area contributed by atoms with Crippen molar-refractivity contribution in [1.29, 1.82) is 0 Å². The molecule has 0 radical (unpaired) electrons. The summed E-state index contributed by atoms with van der Waals surface area (Å²) < 4.78 is 0. The van der Waals surface area contributed by atoms with Crippen LogP contribution in [0, 0.1) is 6.92 Å². The number of pyridine rings is 1. The maximum absolute atomic E-state index is 12.8. The topological polar surface area (TPSA) is 88.3 Å². The van der Waals surface area contributed by atoms with Crippen LogP contribution in [0.15, 0.2) is 42.5 Å². The Balaban J connectivity index is 2.02. The zero-order chi connectivity index (χ0) is 20.4. The van der Waals surface area contributed by atoms with Gasteiger partial charge in [-0.3, -0.25) is 9.59 Å². The SMILES string of the molecule is Cc1sc(NC(=O)c2cc(Cl)nc(N(C)C)c2)c(C(N)=O)c1-c1ccccc1. The van der Waals surface area contributed by atoms with Crippen molar-refractivity contribution in [1.82, 2.24) is 4.98 Å². The van der Waals surface area contributed by atoms with Crippen LogP contribution in [-0.4, -0.2) is 30.9 Å². The monoisotopic (exact) mass is 414 g/mol. The Bertz CT molecular complexity index is 1050. The summed E-state index contributed by atoms with van der Waals surface area (Å²) in [6.45, 7) is 1.89. The molecule has 0 unspecified atom stereocenters. The van der Waals surface area contributed by atoms with Gasteiger partial charge in [-0.15, -0.1) is 11.3 Å². The first-order chi connectivity index (χ1) is 13.3. The predicted molar refractivity (Wildman–Crippen MR) is 115 cm³/mol. The second-order valence-corrected chi connectivity index (χ2v) is 7.96. The highest BCUT2D eigenvalue weighted by Crippen LogP contribution is 2.39. The van der Waals surface area contributed by atoms with Crippen LogP contribution in [0.4, 0.5) is 10.8 Å². The summed E-state index contributed by atoms with van der Waals surface area (Å²) in [6.07, 6.45) is 0. The number of benzene rings is 1. The number of carbonyl (C=O) groups excluding carboxylic acids is 2. The van der Waals surface area contributed by atoms with E-state index in [9.17, 15) is 9.59 Å². The first-order valence-electron chi connectivity index (χ1n) is 8.42. The van der Waals surface area contributed by atoms with Crippen molar-refractivity contribution in [2.24, 2.45) is 5.73 Å². The molecule has 2 aromatic heterocycles. The number of nitrogens with zero attached hydrogens (tertiary/aromatic N) is 2. The van der Waals surface area contributed by atoms with E-state index in [1.54, 1.807) is 25.1 Å². The lowest BCUT2D eigenvalue weighted by molar-refractivity contribution is 0.100. The number of thiophene rings is 1. The standard InChI is InChI=1S/C20H19ClN4O2S/c1-11-16(12-7-5-4-6-8-12)17(18(22)26)20(28-11)24-19(27)13-9-14(21)23-15(10-13)25(2)3/h4-10H,1-3H3,(H2,22,26)(H,24,27). The normalized spacial score (nSPS) is 10.6. The maximum Gasteiger partial charge on any atom is 0.256 e. The summed E-state index contributed by atoms with van der Waals surface area (Å²) in [5.41, 5.74) is 7.89. The summed E-state index contributed by atoms with van der Waals surface area (Å²) in [7, 11) is 3.61. The molecule has 144 valence electrons. The van der Waals surface area contributed by atoms with Crippen molar-refractivity contribution in [3.63, 3.8) is 0 Å². The fourth-order valence-corrected chi connectivity index (χ4v) is 4.12. The fourth-order valence-electron chi connectivity index (χ4n) is 2.84. The van der Waals surface area contributed by atoms with Gasteiger partial charge in [0.25, 0.3) is 11.8 Å². The van der Waals surface area contributed by atoms with Gasteiger partial charge in [0, 0.05) is 30.1 Å². The molecule has 1 aromatic carbocycles. The highest BCUT2D eigenvalue weighted by Gasteiger charge is 2.23. The molecule has 28 heavy (non-hydrogen) atoms. The summed E-state index contributed by atoms with van der Waals surface area (Å²) in [6, 6.07) is 12.6. The second kappa shape index (κ2) is 8.00. The summed E-state index contributed by atoms with van der Waals surface area (Å²) >= 11 is 7.35.